The molecule has 0 aliphatic rings. The first-order valence-corrected chi connectivity index (χ1v) is 6.38. The monoisotopic (exact) mass is 289 g/mol. The highest BCUT2D eigenvalue weighted by Gasteiger charge is 2.14. The highest BCUT2D eigenvalue weighted by atomic mass is 16.5. The topological polar surface area (TPSA) is 74.6 Å². The molecule has 0 fully saturated rings. The van der Waals surface area contributed by atoms with Crippen LogP contribution in [0.5, 0.6) is 5.75 Å². The summed E-state index contributed by atoms with van der Waals surface area (Å²) in [6, 6.07) is 5.37. The number of rotatable bonds is 3. The van der Waals surface area contributed by atoms with E-state index in [0.717, 1.165) is 0 Å². The number of hydrogen-bond donors (Lipinski definition) is 0. The van der Waals surface area contributed by atoms with E-state index in [0.29, 0.717) is 10.9 Å². The minimum Gasteiger partial charge on any atom is -0.493 e. The number of carbonyl (C=O) groups is 1. The summed E-state index contributed by atoms with van der Waals surface area (Å²) in [6.45, 7) is 1.90. The molecule has 0 N–H and O–H groups in total. The Morgan fingerprint density at radius 3 is 2.52 bits per heavy atom. The van der Waals surface area contributed by atoms with Gasteiger partial charge in [-0.25, -0.2) is 4.79 Å². The number of carbonyl (C=O) groups excluding carboxylic acids is 1. The van der Waals surface area contributed by atoms with Gasteiger partial charge in [-0.15, -0.1) is 0 Å². The second-order valence-electron chi connectivity index (χ2n) is 4.38. The largest absolute Gasteiger partial charge is 0.493 e. The number of methoxy groups -OCH3 is 1. The van der Waals surface area contributed by atoms with Crippen LogP contribution < -0.4 is 15.6 Å². The van der Waals surface area contributed by atoms with Crippen LogP contribution in [0.25, 0.3) is 10.9 Å². The fourth-order valence-corrected chi connectivity index (χ4v) is 2.08. The van der Waals surface area contributed by atoms with E-state index in [2.05, 4.69) is 0 Å². The summed E-state index contributed by atoms with van der Waals surface area (Å²) < 4.78 is 11.4. The molecule has 1 aromatic heterocycles. The summed E-state index contributed by atoms with van der Waals surface area (Å²) in [4.78, 5) is 35.8. The fourth-order valence-electron chi connectivity index (χ4n) is 2.08. The summed E-state index contributed by atoms with van der Waals surface area (Å²) in [5.74, 6) is -0.509. The Bertz CT molecular complexity index is 823. The number of aryl methyl sites for hydroxylation is 1. The normalized spacial score (nSPS) is 10.4. The van der Waals surface area contributed by atoms with Gasteiger partial charge < -0.3 is 14.0 Å². The van der Waals surface area contributed by atoms with Crippen LogP contribution in [0.4, 0.5) is 0 Å². The van der Waals surface area contributed by atoms with E-state index < -0.39 is 5.97 Å². The lowest BCUT2D eigenvalue weighted by Gasteiger charge is -2.09. The molecule has 0 spiro atoms. The van der Waals surface area contributed by atoms with E-state index in [1.54, 1.807) is 14.0 Å². The molecule has 6 nitrogen and oxygen atoms in total. The molecule has 0 amide bonds. The van der Waals surface area contributed by atoms with Crippen LogP contribution in [0, 0.1) is 0 Å². The van der Waals surface area contributed by atoms with Crippen LogP contribution in [0.15, 0.2) is 33.9 Å². The highest BCUT2D eigenvalue weighted by Crippen LogP contribution is 2.14. The number of pyridine rings is 1. The van der Waals surface area contributed by atoms with Crippen LogP contribution in [0.3, 0.4) is 0 Å². The van der Waals surface area contributed by atoms with Gasteiger partial charge in [0, 0.05) is 18.5 Å². The standard InChI is InChI=1S/C15H15NO5/c1-4-21-15(19)11-8-13(18)9-7-14(20-3)12(17)6-5-10(9)16(11)2/h5-8H,4H2,1-3H3. The molecule has 1 aromatic carbocycles. The molecule has 0 radical (unpaired) electrons. The maximum atomic E-state index is 12.2. The van der Waals surface area contributed by atoms with Crippen molar-refractivity contribution in [2.45, 2.75) is 6.92 Å². The van der Waals surface area contributed by atoms with Crippen LogP contribution >= 0.6 is 0 Å². The molecule has 21 heavy (non-hydrogen) atoms. The van der Waals surface area contributed by atoms with Gasteiger partial charge in [0.25, 0.3) is 0 Å². The molecule has 0 unspecified atom stereocenters. The average molecular weight is 289 g/mol. The van der Waals surface area contributed by atoms with Gasteiger partial charge in [0.05, 0.1) is 19.2 Å². The summed E-state index contributed by atoms with van der Waals surface area (Å²) in [5, 5.41) is 0.296. The molecule has 0 saturated heterocycles. The third-order valence-electron chi connectivity index (χ3n) is 3.15. The molecule has 0 aliphatic carbocycles. The molecular weight excluding hydrogens is 274 g/mol. The van der Waals surface area contributed by atoms with Crippen molar-refractivity contribution in [2.24, 2.45) is 7.05 Å². The number of ether oxygens (including phenoxy) is 2. The third-order valence-corrected chi connectivity index (χ3v) is 3.15. The average Bonchev–Trinajstić information content (AvgIpc) is 2.62. The van der Waals surface area contributed by atoms with Crippen molar-refractivity contribution in [1.82, 2.24) is 4.57 Å². The molecule has 2 rings (SSSR count). The van der Waals surface area contributed by atoms with Crippen LogP contribution in [0.1, 0.15) is 17.4 Å². The first kappa shape index (κ1) is 14.8. The van der Waals surface area contributed by atoms with Crippen molar-refractivity contribution in [1.29, 1.82) is 0 Å². The summed E-state index contributed by atoms with van der Waals surface area (Å²) >= 11 is 0. The van der Waals surface area contributed by atoms with E-state index in [-0.39, 0.29) is 28.9 Å². The first-order chi connectivity index (χ1) is 9.99. The molecule has 0 aliphatic heterocycles. The second-order valence-corrected chi connectivity index (χ2v) is 4.38. The SMILES string of the molecule is CCOC(=O)c1cc(=O)c2cc(OC)c(=O)ccc2n1C. The third kappa shape index (κ3) is 2.65. The molecule has 0 bridgehead atoms. The Morgan fingerprint density at radius 1 is 1.19 bits per heavy atom. The first-order valence-electron chi connectivity index (χ1n) is 6.38. The van der Waals surface area contributed by atoms with E-state index in [1.807, 2.05) is 0 Å². The molecule has 110 valence electrons. The van der Waals surface area contributed by atoms with Crippen molar-refractivity contribution >= 4 is 16.9 Å². The predicted molar refractivity (Wildman–Crippen MR) is 78.0 cm³/mol. The van der Waals surface area contributed by atoms with Gasteiger partial charge in [-0.1, -0.05) is 0 Å². The lowest BCUT2D eigenvalue weighted by molar-refractivity contribution is 0.0515. The molecule has 1 heterocycles. The smallest absolute Gasteiger partial charge is 0.355 e. The number of fused-ring (bicyclic) bond motifs is 1. The van der Waals surface area contributed by atoms with E-state index in [4.69, 9.17) is 9.47 Å². The second kappa shape index (κ2) is 5.78. The van der Waals surface area contributed by atoms with E-state index in [9.17, 15) is 14.4 Å². The van der Waals surface area contributed by atoms with Crippen molar-refractivity contribution in [2.75, 3.05) is 13.7 Å². The van der Waals surface area contributed by atoms with Crippen molar-refractivity contribution in [3.05, 3.63) is 50.4 Å². The fraction of sp³-hybridized carbons (Fsp3) is 0.267. The van der Waals surface area contributed by atoms with Gasteiger partial charge in [-0.05, 0) is 25.1 Å². The highest BCUT2D eigenvalue weighted by molar-refractivity contribution is 5.91. The predicted octanol–water partition coefficient (Wildman–Crippen LogP) is 1.08. The van der Waals surface area contributed by atoms with Crippen LogP contribution in [-0.4, -0.2) is 24.3 Å². The van der Waals surface area contributed by atoms with E-state index in [1.165, 1.54) is 35.9 Å². The number of aromatic nitrogens is 1. The van der Waals surface area contributed by atoms with Crippen molar-refractivity contribution in [3.8, 4) is 5.75 Å². The zero-order valence-electron chi connectivity index (χ0n) is 12.0. The van der Waals surface area contributed by atoms with Crippen LogP contribution in [-0.2, 0) is 11.8 Å². The zero-order valence-corrected chi connectivity index (χ0v) is 12.0. The summed E-state index contributed by atoms with van der Waals surface area (Å²) in [7, 11) is 2.99. The Kier molecular flexibility index (Phi) is 4.07. The quantitative estimate of drug-likeness (QED) is 0.791. The van der Waals surface area contributed by atoms with Gasteiger partial charge in [-0.2, -0.15) is 0 Å². The molecule has 2 aromatic rings. The van der Waals surface area contributed by atoms with Crippen molar-refractivity contribution in [3.63, 3.8) is 0 Å². The maximum Gasteiger partial charge on any atom is 0.355 e. The van der Waals surface area contributed by atoms with Gasteiger partial charge in [0.1, 0.15) is 5.69 Å². The zero-order chi connectivity index (χ0) is 15.6. The summed E-state index contributed by atoms with van der Waals surface area (Å²) in [6.07, 6.45) is 0. The lowest BCUT2D eigenvalue weighted by atomic mass is 10.2. The van der Waals surface area contributed by atoms with E-state index >= 15 is 0 Å². The molecule has 0 saturated carbocycles. The Labute approximate surface area is 120 Å². The Morgan fingerprint density at radius 2 is 1.90 bits per heavy atom. The Balaban J connectivity index is 2.86. The molecule has 6 heteroatoms. The van der Waals surface area contributed by atoms with Crippen LogP contribution in [0.2, 0.25) is 0 Å². The minimum absolute atomic E-state index is 0.0750. The van der Waals surface area contributed by atoms with Gasteiger partial charge >= 0.3 is 5.97 Å². The number of nitrogens with zero attached hydrogens (tertiary/aromatic N) is 1. The Hall–Kier alpha value is -2.63. The number of hydrogen-bond acceptors (Lipinski definition) is 5. The minimum atomic E-state index is -0.584. The number of esters is 1. The van der Waals surface area contributed by atoms with Crippen molar-refractivity contribution < 1.29 is 14.3 Å². The maximum absolute atomic E-state index is 12.2. The van der Waals surface area contributed by atoms with Gasteiger partial charge in [-0.3, -0.25) is 9.59 Å². The van der Waals surface area contributed by atoms with Gasteiger partial charge in [0.15, 0.2) is 11.2 Å². The molecule has 0 atom stereocenters. The lowest BCUT2D eigenvalue weighted by Crippen LogP contribution is -2.17. The molecular formula is C15H15NO5. The summed E-state index contributed by atoms with van der Waals surface area (Å²) in [5.41, 5.74) is -0.135. The van der Waals surface area contributed by atoms with Gasteiger partial charge in [0.2, 0.25) is 5.43 Å².